The van der Waals surface area contributed by atoms with Crippen LogP contribution in [0.2, 0.25) is 0 Å². The molecule has 5 aliphatic carbocycles. The van der Waals surface area contributed by atoms with Crippen molar-refractivity contribution in [1.29, 1.82) is 0 Å². The first kappa shape index (κ1) is 26.2. The topological polar surface area (TPSA) is 0 Å². The van der Waals surface area contributed by atoms with Crippen LogP contribution in [-0.4, -0.2) is 0 Å². The Bertz CT molecular complexity index is 403. The zero-order valence-corrected chi connectivity index (χ0v) is 21.9. The van der Waals surface area contributed by atoms with E-state index in [1.807, 2.05) is 0 Å². The summed E-state index contributed by atoms with van der Waals surface area (Å²) >= 11 is -0.826. The summed E-state index contributed by atoms with van der Waals surface area (Å²) < 4.78 is 0. The van der Waals surface area contributed by atoms with Gasteiger partial charge in [-0.05, 0) is 67.1 Å². The minimum absolute atomic E-state index is 0. The molecule has 5 rings (SSSR count). The molecular formula is C24H42Cl2Zr. The predicted molar refractivity (Wildman–Crippen MR) is 119 cm³/mol. The van der Waals surface area contributed by atoms with Gasteiger partial charge in [-0.25, -0.2) is 0 Å². The molecule has 4 fully saturated rings. The van der Waals surface area contributed by atoms with Crippen LogP contribution in [0.3, 0.4) is 0 Å². The van der Waals surface area contributed by atoms with E-state index in [4.69, 9.17) is 17.0 Å². The molecular weight excluding hydrogens is 450 g/mol. The summed E-state index contributed by atoms with van der Waals surface area (Å²) in [6.07, 6.45) is 23.5. The van der Waals surface area contributed by atoms with E-state index in [2.05, 4.69) is 19.1 Å². The van der Waals surface area contributed by atoms with Gasteiger partial charge in [0.2, 0.25) is 0 Å². The molecule has 0 amide bonds. The summed E-state index contributed by atoms with van der Waals surface area (Å²) in [4.78, 5) is 0. The first-order valence-electron chi connectivity index (χ1n) is 10.9. The number of hydrogen-bond donors (Lipinski definition) is 0. The first-order valence-corrected chi connectivity index (χ1v) is 17.3. The quantitative estimate of drug-likeness (QED) is 0.234. The summed E-state index contributed by atoms with van der Waals surface area (Å²) in [5.74, 6) is 7.38. The van der Waals surface area contributed by atoms with E-state index >= 15 is 0 Å². The molecule has 4 saturated carbocycles. The second kappa shape index (κ2) is 13.5. The molecule has 156 valence electrons. The van der Waals surface area contributed by atoms with Crippen LogP contribution in [-0.2, 0) is 20.8 Å². The van der Waals surface area contributed by atoms with Crippen molar-refractivity contribution in [1.82, 2.24) is 0 Å². The average Bonchev–Trinajstić information content (AvgIpc) is 3.31. The molecule has 0 aromatic rings. The van der Waals surface area contributed by atoms with Gasteiger partial charge < -0.3 is 14.9 Å². The van der Waals surface area contributed by atoms with Crippen LogP contribution in [0.1, 0.15) is 84.0 Å². The normalized spacial score (nSPS) is 40.3. The number of rotatable bonds is 0. The molecule has 27 heavy (non-hydrogen) atoms. The summed E-state index contributed by atoms with van der Waals surface area (Å²) in [6, 6.07) is 0. The van der Waals surface area contributed by atoms with Gasteiger partial charge in [-0.3, -0.25) is 0 Å². The third-order valence-electron chi connectivity index (χ3n) is 7.95. The summed E-state index contributed by atoms with van der Waals surface area (Å²) in [5, 5.41) is 0. The van der Waals surface area contributed by atoms with Gasteiger partial charge in [0.15, 0.2) is 0 Å². The Balaban J connectivity index is 0.000000312. The third kappa shape index (κ3) is 6.34. The average molecular weight is 493 g/mol. The molecule has 7 atom stereocenters. The molecule has 0 aromatic carbocycles. The molecule has 0 bridgehead atoms. The second-order valence-electron chi connectivity index (χ2n) is 9.11. The predicted octanol–water partition coefficient (Wildman–Crippen LogP) is 8.89. The van der Waals surface area contributed by atoms with Gasteiger partial charge in [0.1, 0.15) is 0 Å². The maximum absolute atomic E-state index is 4.93. The third-order valence-corrected chi connectivity index (χ3v) is 7.95. The maximum atomic E-state index is 4.93. The fraction of sp³-hybridized carbons (Fsp3) is 0.833. The molecule has 0 N–H and O–H groups in total. The molecule has 6 unspecified atom stereocenters. The number of allylic oxidation sites excluding steroid dienone is 2. The van der Waals surface area contributed by atoms with Crippen molar-refractivity contribution < 1.29 is 20.8 Å². The molecule has 0 heterocycles. The monoisotopic (exact) mass is 490 g/mol. The number of fused-ring (bicyclic) bond motifs is 3. The van der Waals surface area contributed by atoms with Gasteiger partial charge in [-0.1, -0.05) is 70.4 Å². The molecule has 5 aliphatic rings. The van der Waals surface area contributed by atoms with E-state index in [-0.39, 0.29) is 14.9 Å². The van der Waals surface area contributed by atoms with Gasteiger partial charge in [-0.2, -0.15) is 0 Å². The Morgan fingerprint density at radius 1 is 0.630 bits per heavy atom. The second-order valence-corrected chi connectivity index (χ2v) is 12.8. The number of hydrogen-bond acceptors (Lipinski definition) is 0. The van der Waals surface area contributed by atoms with Crippen LogP contribution >= 0.6 is 17.0 Å². The van der Waals surface area contributed by atoms with Gasteiger partial charge in [0.05, 0.1) is 0 Å². The number of halogens is 2. The zero-order chi connectivity index (χ0) is 17.6. The van der Waals surface area contributed by atoms with E-state index in [0.717, 1.165) is 41.4 Å². The van der Waals surface area contributed by atoms with Crippen molar-refractivity contribution in [3.8, 4) is 0 Å². The molecule has 0 saturated heterocycles. The van der Waals surface area contributed by atoms with Crippen LogP contribution in [0.15, 0.2) is 12.2 Å². The summed E-state index contributed by atoms with van der Waals surface area (Å²) in [6.45, 7) is 2.50. The standard InChI is InChI=1S/C17H26.C5H10.2CH3.2ClH.Zr/c1-11-9-10-12-5-4-8-15-13-6-2-3-7-14(13)16(11)17(12)15;1-2-4-5-3-1;;;;;/h9-17H,2-8H2,1H3;1-5H2;2*1H3;2*1H;/q;;2*-1;;;+4/p-2/t11-,12?,13?,14?,15?,16?,17?;;;;;;/m0....../s1. The van der Waals surface area contributed by atoms with Crippen LogP contribution in [0.4, 0.5) is 0 Å². The van der Waals surface area contributed by atoms with Crippen molar-refractivity contribution in [2.45, 2.75) is 84.0 Å². The van der Waals surface area contributed by atoms with Crippen LogP contribution in [0.25, 0.3) is 0 Å². The molecule has 0 aromatic heterocycles. The fourth-order valence-corrected chi connectivity index (χ4v) is 7.14. The Morgan fingerprint density at radius 3 is 1.70 bits per heavy atom. The SMILES string of the molecule is C1CCCC1.C[C@H]1C=CC2CCCC3C4CCCCC4C1C23.[CH3-].[CH3-].[Cl][Zr+2][Cl]. The van der Waals surface area contributed by atoms with E-state index in [1.165, 1.54) is 57.8 Å². The van der Waals surface area contributed by atoms with Gasteiger partial charge >= 0.3 is 37.9 Å². The van der Waals surface area contributed by atoms with Gasteiger partial charge in [0.25, 0.3) is 0 Å². The fourth-order valence-electron chi connectivity index (χ4n) is 7.14. The Hall–Kier alpha value is 1.20. The van der Waals surface area contributed by atoms with E-state index < -0.39 is 20.8 Å². The molecule has 3 heteroatoms. The van der Waals surface area contributed by atoms with Gasteiger partial charge in [0, 0.05) is 0 Å². The van der Waals surface area contributed by atoms with Crippen LogP contribution in [0.5, 0.6) is 0 Å². The van der Waals surface area contributed by atoms with E-state index in [1.54, 1.807) is 19.3 Å². The van der Waals surface area contributed by atoms with Crippen molar-refractivity contribution in [3.05, 3.63) is 27.0 Å². The minimum atomic E-state index is -0.826. The van der Waals surface area contributed by atoms with Crippen molar-refractivity contribution >= 4 is 17.0 Å². The molecule has 0 radical (unpaired) electrons. The van der Waals surface area contributed by atoms with E-state index in [0.29, 0.717) is 0 Å². The van der Waals surface area contributed by atoms with Crippen molar-refractivity contribution in [3.63, 3.8) is 0 Å². The van der Waals surface area contributed by atoms with Crippen molar-refractivity contribution in [2.24, 2.45) is 41.4 Å². The zero-order valence-electron chi connectivity index (χ0n) is 17.9. The van der Waals surface area contributed by atoms with E-state index in [9.17, 15) is 0 Å². The Kier molecular flexibility index (Phi) is 13.1. The molecule has 0 nitrogen and oxygen atoms in total. The Labute approximate surface area is 189 Å². The summed E-state index contributed by atoms with van der Waals surface area (Å²) in [7, 11) is 9.87. The molecule has 0 spiro atoms. The van der Waals surface area contributed by atoms with Gasteiger partial charge in [-0.15, -0.1) is 0 Å². The van der Waals surface area contributed by atoms with Crippen molar-refractivity contribution in [2.75, 3.05) is 0 Å². The van der Waals surface area contributed by atoms with Crippen LogP contribution in [0, 0.1) is 56.3 Å². The summed E-state index contributed by atoms with van der Waals surface area (Å²) in [5.41, 5.74) is 0. The first-order chi connectivity index (χ1) is 12.3. The molecule has 0 aliphatic heterocycles. The van der Waals surface area contributed by atoms with Crippen LogP contribution < -0.4 is 0 Å². The Morgan fingerprint density at radius 2 is 1.11 bits per heavy atom.